The number of carbonyl (C=O) groups is 2. The minimum Gasteiger partial charge on any atom is -0.480 e. The number of hydrogen-bond acceptors (Lipinski definition) is 4. The van der Waals surface area contributed by atoms with Gasteiger partial charge in [-0.3, -0.25) is 14.5 Å². The van der Waals surface area contributed by atoms with Crippen LogP contribution in [-0.4, -0.2) is 48.2 Å². The highest BCUT2D eigenvalue weighted by atomic mass is 16.5. The van der Waals surface area contributed by atoms with E-state index in [1.54, 1.807) is 0 Å². The SMILES string of the molecule is COC(=O)CCC(C(=O)O)N1CC(C(C)(C)C)C1. The molecule has 0 aliphatic carbocycles. The summed E-state index contributed by atoms with van der Waals surface area (Å²) in [4.78, 5) is 24.2. The fourth-order valence-electron chi connectivity index (χ4n) is 2.13. The fraction of sp³-hybridized carbons (Fsp3) is 0.846. The molecule has 1 fully saturated rings. The molecule has 0 amide bonds. The molecule has 0 saturated carbocycles. The van der Waals surface area contributed by atoms with Gasteiger partial charge in [0, 0.05) is 19.5 Å². The van der Waals surface area contributed by atoms with Crippen LogP contribution in [0.5, 0.6) is 0 Å². The van der Waals surface area contributed by atoms with Crippen molar-refractivity contribution in [3.63, 3.8) is 0 Å². The summed E-state index contributed by atoms with van der Waals surface area (Å²) in [6.07, 6.45) is 0.475. The molecule has 1 rings (SSSR count). The summed E-state index contributed by atoms with van der Waals surface area (Å²) in [6.45, 7) is 8.08. The van der Waals surface area contributed by atoms with Crippen LogP contribution in [0.25, 0.3) is 0 Å². The third kappa shape index (κ3) is 3.70. The lowest BCUT2D eigenvalue weighted by Gasteiger charge is -2.48. The van der Waals surface area contributed by atoms with Gasteiger partial charge in [0.05, 0.1) is 7.11 Å². The van der Waals surface area contributed by atoms with Crippen molar-refractivity contribution >= 4 is 11.9 Å². The lowest BCUT2D eigenvalue weighted by Crippen LogP contribution is -2.58. The average molecular weight is 257 g/mol. The van der Waals surface area contributed by atoms with E-state index in [9.17, 15) is 14.7 Å². The van der Waals surface area contributed by atoms with Crippen LogP contribution in [0.15, 0.2) is 0 Å². The molecular formula is C13H23NO4. The Kier molecular flexibility index (Phi) is 4.73. The van der Waals surface area contributed by atoms with Crippen molar-refractivity contribution in [3.8, 4) is 0 Å². The Bertz CT molecular complexity index is 315. The number of ether oxygens (including phenoxy) is 1. The number of nitrogens with zero attached hydrogens (tertiary/aromatic N) is 1. The van der Waals surface area contributed by atoms with E-state index in [-0.39, 0.29) is 17.8 Å². The molecule has 0 aromatic heterocycles. The number of carboxylic acid groups (broad SMARTS) is 1. The molecule has 1 unspecified atom stereocenters. The van der Waals surface area contributed by atoms with E-state index < -0.39 is 12.0 Å². The molecule has 0 aromatic carbocycles. The minimum atomic E-state index is -0.855. The standard InChI is InChI=1S/C13H23NO4/c1-13(2,3)9-7-14(8-9)10(12(16)17)5-6-11(15)18-4/h9-10H,5-8H2,1-4H3,(H,16,17). The van der Waals surface area contributed by atoms with E-state index >= 15 is 0 Å². The summed E-state index contributed by atoms with van der Waals surface area (Å²) in [5, 5.41) is 9.19. The van der Waals surface area contributed by atoms with Gasteiger partial charge in [0.1, 0.15) is 6.04 Å². The Balaban J connectivity index is 2.46. The van der Waals surface area contributed by atoms with Gasteiger partial charge in [0.2, 0.25) is 0 Å². The summed E-state index contributed by atoms with van der Waals surface area (Å²) < 4.78 is 4.54. The van der Waals surface area contributed by atoms with E-state index in [1.165, 1.54) is 7.11 Å². The molecule has 0 aromatic rings. The van der Waals surface area contributed by atoms with Crippen LogP contribution in [0, 0.1) is 11.3 Å². The third-order valence-corrected chi connectivity index (χ3v) is 3.71. The highest BCUT2D eigenvalue weighted by Crippen LogP contribution is 2.35. The molecule has 1 atom stereocenters. The van der Waals surface area contributed by atoms with Crippen LogP contribution < -0.4 is 0 Å². The van der Waals surface area contributed by atoms with Crippen molar-refractivity contribution in [2.75, 3.05) is 20.2 Å². The monoisotopic (exact) mass is 257 g/mol. The average Bonchev–Trinajstić information content (AvgIpc) is 2.17. The highest BCUT2D eigenvalue weighted by Gasteiger charge is 2.41. The molecule has 1 aliphatic rings. The number of carboxylic acids is 1. The fourth-order valence-corrected chi connectivity index (χ4v) is 2.13. The predicted octanol–water partition coefficient (Wildman–Crippen LogP) is 1.37. The summed E-state index contributed by atoms with van der Waals surface area (Å²) >= 11 is 0. The van der Waals surface area contributed by atoms with E-state index in [2.05, 4.69) is 25.5 Å². The van der Waals surface area contributed by atoms with Gasteiger partial charge in [-0.1, -0.05) is 20.8 Å². The van der Waals surface area contributed by atoms with Gasteiger partial charge in [0.15, 0.2) is 0 Å². The van der Waals surface area contributed by atoms with Crippen LogP contribution in [0.3, 0.4) is 0 Å². The first kappa shape index (κ1) is 15.0. The van der Waals surface area contributed by atoms with Crippen LogP contribution in [0.4, 0.5) is 0 Å². The maximum Gasteiger partial charge on any atom is 0.320 e. The van der Waals surface area contributed by atoms with Crippen LogP contribution >= 0.6 is 0 Å². The Hall–Kier alpha value is -1.10. The van der Waals surface area contributed by atoms with Gasteiger partial charge in [-0.05, 0) is 17.8 Å². The molecule has 0 bridgehead atoms. The molecule has 0 spiro atoms. The quantitative estimate of drug-likeness (QED) is 0.753. The van der Waals surface area contributed by atoms with Crippen LogP contribution in [0.1, 0.15) is 33.6 Å². The predicted molar refractivity (Wildman–Crippen MR) is 67.2 cm³/mol. The number of rotatable bonds is 5. The van der Waals surface area contributed by atoms with Gasteiger partial charge in [-0.15, -0.1) is 0 Å². The van der Waals surface area contributed by atoms with Gasteiger partial charge in [-0.25, -0.2) is 0 Å². The largest absolute Gasteiger partial charge is 0.480 e. The topological polar surface area (TPSA) is 66.8 Å². The molecular weight excluding hydrogens is 234 g/mol. The Labute approximate surface area is 108 Å². The molecule has 0 radical (unpaired) electrons. The van der Waals surface area contributed by atoms with E-state index in [4.69, 9.17) is 0 Å². The van der Waals surface area contributed by atoms with Crippen molar-refractivity contribution in [2.45, 2.75) is 39.7 Å². The number of methoxy groups -OCH3 is 1. The first-order valence-corrected chi connectivity index (χ1v) is 6.29. The van der Waals surface area contributed by atoms with E-state index in [1.807, 2.05) is 4.90 Å². The Morgan fingerprint density at radius 1 is 1.39 bits per heavy atom. The maximum atomic E-state index is 11.2. The number of esters is 1. The normalized spacial score (nSPS) is 19.1. The summed E-state index contributed by atoms with van der Waals surface area (Å²) in [5.74, 6) is -0.683. The van der Waals surface area contributed by atoms with Crippen molar-refractivity contribution in [1.82, 2.24) is 4.90 Å². The lowest BCUT2D eigenvalue weighted by molar-refractivity contribution is -0.149. The van der Waals surface area contributed by atoms with Gasteiger partial charge < -0.3 is 9.84 Å². The van der Waals surface area contributed by atoms with Gasteiger partial charge in [-0.2, -0.15) is 0 Å². The number of aliphatic carboxylic acids is 1. The molecule has 5 nitrogen and oxygen atoms in total. The zero-order valence-electron chi connectivity index (χ0n) is 11.6. The minimum absolute atomic E-state index is 0.157. The van der Waals surface area contributed by atoms with Gasteiger partial charge >= 0.3 is 11.9 Å². The Morgan fingerprint density at radius 2 is 1.94 bits per heavy atom. The summed E-state index contributed by atoms with van der Waals surface area (Å²) in [6, 6.07) is -0.567. The Morgan fingerprint density at radius 3 is 2.33 bits per heavy atom. The third-order valence-electron chi connectivity index (χ3n) is 3.71. The van der Waals surface area contributed by atoms with Crippen LogP contribution in [-0.2, 0) is 14.3 Å². The molecule has 1 N–H and O–H groups in total. The second-order valence-electron chi connectivity index (χ2n) is 5.99. The molecule has 1 aliphatic heterocycles. The van der Waals surface area contributed by atoms with Crippen LogP contribution in [0.2, 0.25) is 0 Å². The van der Waals surface area contributed by atoms with E-state index in [0.717, 1.165) is 13.1 Å². The summed E-state index contributed by atoms with van der Waals surface area (Å²) in [5.41, 5.74) is 0.210. The molecule has 1 saturated heterocycles. The van der Waals surface area contributed by atoms with Gasteiger partial charge in [0.25, 0.3) is 0 Å². The zero-order chi connectivity index (χ0) is 13.9. The summed E-state index contributed by atoms with van der Waals surface area (Å²) in [7, 11) is 1.32. The molecule has 104 valence electrons. The van der Waals surface area contributed by atoms with Crippen molar-refractivity contribution < 1.29 is 19.4 Å². The van der Waals surface area contributed by atoms with Crippen molar-refractivity contribution in [2.24, 2.45) is 11.3 Å². The maximum absolute atomic E-state index is 11.2. The van der Waals surface area contributed by atoms with Crippen molar-refractivity contribution in [3.05, 3.63) is 0 Å². The zero-order valence-corrected chi connectivity index (χ0v) is 11.6. The number of hydrogen-bond donors (Lipinski definition) is 1. The first-order chi connectivity index (χ1) is 8.25. The lowest BCUT2D eigenvalue weighted by atomic mass is 9.75. The molecule has 1 heterocycles. The number of likely N-dealkylation sites (tertiary alicyclic amines) is 1. The highest BCUT2D eigenvalue weighted by molar-refractivity contribution is 5.75. The first-order valence-electron chi connectivity index (χ1n) is 6.29. The second-order valence-corrected chi connectivity index (χ2v) is 5.99. The van der Waals surface area contributed by atoms with E-state index in [0.29, 0.717) is 12.3 Å². The second kappa shape index (κ2) is 5.69. The molecule has 5 heteroatoms. The molecule has 18 heavy (non-hydrogen) atoms. The van der Waals surface area contributed by atoms with Crippen molar-refractivity contribution in [1.29, 1.82) is 0 Å². The smallest absolute Gasteiger partial charge is 0.320 e. The number of carbonyl (C=O) groups excluding carboxylic acids is 1.